The molecule has 5 rings (SSSR count). The molecule has 2 aromatic heterocycles. The van der Waals surface area contributed by atoms with Crippen LogP contribution in [0.2, 0.25) is 0 Å². The summed E-state index contributed by atoms with van der Waals surface area (Å²) < 4.78 is 32.4. The van der Waals surface area contributed by atoms with Crippen LogP contribution in [-0.4, -0.2) is 74.5 Å². The van der Waals surface area contributed by atoms with Gasteiger partial charge in [0.05, 0.1) is 29.9 Å². The lowest BCUT2D eigenvalue weighted by atomic mass is 9.98. The van der Waals surface area contributed by atoms with Gasteiger partial charge in [0.15, 0.2) is 0 Å². The van der Waals surface area contributed by atoms with E-state index in [1.807, 2.05) is 36.2 Å². The average molecular weight is 545 g/mol. The maximum absolute atomic E-state index is 13.7. The van der Waals surface area contributed by atoms with Gasteiger partial charge in [0.2, 0.25) is 5.95 Å². The molecule has 204 valence electrons. The molecule has 0 saturated carbocycles. The first kappa shape index (κ1) is 26.6. The third-order valence-corrected chi connectivity index (χ3v) is 7.87. The maximum Gasteiger partial charge on any atom is 0.251 e. The second-order valence-corrected chi connectivity index (χ2v) is 11.0. The minimum absolute atomic E-state index is 0.114. The summed E-state index contributed by atoms with van der Waals surface area (Å²) in [6, 6.07) is 7.99. The number of anilines is 3. The van der Waals surface area contributed by atoms with Crippen molar-refractivity contribution in [2.75, 3.05) is 53.1 Å². The van der Waals surface area contributed by atoms with Crippen LogP contribution in [0.1, 0.15) is 38.3 Å². The van der Waals surface area contributed by atoms with E-state index in [1.54, 1.807) is 4.68 Å². The largest absolute Gasteiger partial charge is 0.395 e. The Balaban J connectivity index is 1.43. The number of nitrogens with zero attached hydrogens (tertiary/aromatic N) is 7. The summed E-state index contributed by atoms with van der Waals surface area (Å²) in [5.41, 5.74) is 4.90. The van der Waals surface area contributed by atoms with Crippen LogP contribution in [0.25, 0.3) is 17.1 Å². The van der Waals surface area contributed by atoms with E-state index in [2.05, 4.69) is 42.9 Å². The highest BCUT2D eigenvalue weighted by Crippen LogP contribution is 2.33. The van der Waals surface area contributed by atoms with Crippen LogP contribution in [0.3, 0.4) is 0 Å². The molecular formula is C26H34F2N8OS. The highest BCUT2D eigenvalue weighted by molar-refractivity contribution is 8.00. The van der Waals surface area contributed by atoms with Gasteiger partial charge in [0, 0.05) is 56.2 Å². The Labute approximate surface area is 225 Å². The quantitative estimate of drug-likeness (QED) is 0.313. The van der Waals surface area contributed by atoms with Gasteiger partial charge < -0.3 is 19.6 Å². The molecule has 2 saturated heterocycles. The lowest BCUT2D eigenvalue weighted by Gasteiger charge is -2.33. The maximum atomic E-state index is 13.7. The second-order valence-electron chi connectivity index (χ2n) is 10.1. The summed E-state index contributed by atoms with van der Waals surface area (Å²) in [6.45, 7) is 6.64. The molecule has 0 unspecified atom stereocenters. The molecule has 2 fully saturated rings. The standard InChI is InChI=1S/C26H34F2N8OS/c1-18-5-9-34(10-6-18)24-16-20(32-38-14-13-37)3-4-23(24)36-17-22(31-33-36)21-15-19(2)29-25(30-21)35-11-7-26(27,28)8-12-35/h3-4,15-18,32,37H,5-14H2,1-2H3. The average Bonchev–Trinajstić information content (AvgIpc) is 3.39. The Hall–Kier alpha value is -2.99. The summed E-state index contributed by atoms with van der Waals surface area (Å²) in [6.07, 6.45) is 3.72. The van der Waals surface area contributed by atoms with Gasteiger partial charge in [-0.1, -0.05) is 24.1 Å². The summed E-state index contributed by atoms with van der Waals surface area (Å²) >= 11 is 1.47. The van der Waals surface area contributed by atoms with Crippen molar-refractivity contribution >= 4 is 29.3 Å². The molecule has 2 aliphatic rings. The first-order valence-electron chi connectivity index (χ1n) is 13.1. The van der Waals surface area contributed by atoms with Gasteiger partial charge in [-0.2, -0.15) is 0 Å². The molecule has 0 spiro atoms. The van der Waals surface area contributed by atoms with Crippen molar-refractivity contribution in [1.82, 2.24) is 25.0 Å². The van der Waals surface area contributed by atoms with Gasteiger partial charge in [-0.25, -0.2) is 23.4 Å². The summed E-state index contributed by atoms with van der Waals surface area (Å²) in [4.78, 5) is 13.4. The van der Waals surface area contributed by atoms with Crippen molar-refractivity contribution < 1.29 is 13.9 Å². The molecule has 2 N–H and O–H groups in total. The van der Waals surface area contributed by atoms with Gasteiger partial charge in [-0.05, 0) is 49.9 Å². The number of piperidine rings is 2. The van der Waals surface area contributed by atoms with Crippen molar-refractivity contribution in [3.63, 3.8) is 0 Å². The van der Waals surface area contributed by atoms with E-state index in [0.717, 1.165) is 48.7 Å². The molecular weight excluding hydrogens is 510 g/mol. The monoisotopic (exact) mass is 544 g/mol. The van der Waals surface area contributed by atoms with Crippen LogP contribution >= 0.6 is 11.9 Å². The van der Waals surface area contributed by atoms with Crippen molar-refractivity contribution in [1.29, 1.82) is 0 Å². The fraction of sp³-hybridized carbons (Fsp3) is 0.538. The minimum Gasteiger partial charge on any atom is -0.395 e. The zero-order valence-corrected chi connectivity index (χ0v) is 22.6. The Bertz CT molecular complexity index is 1240. The molecule has 3 aromatic rings. The lowest BCUT2D eigenvalue weighted by Crippen LogP contribution is -2.40. The summed E-state index contributed by atoms with van der Waals surface area (Å²) in [5.74, 6) is -0.872. The smallest absolute Gasteiger partial charge is 0.251 e. The van der Waals surface area contributed by atoms with Crippen molar-refractivity contribution in [3.8, 4) is 17.1 Å². The third-order valence-electron chi connectivity index (χ3n) is 7.11. The first-order chi connectivity index (χ1) is 18.3. The van der Waals surface area contributed by atoms with Gasteiger partial charge in [0.25, 0.3) is 5.92 Å². The number of alkyl halides is 2. The molecule has 2 aliphatic heterocycles. The molecule has 0 bridgehead atoms. The Kier molecular flexibility index (Phi) is 7.98. The number of aromatic nitrogens is 5. The van der Waals surface area contributed by atoms with Gasteiger partial charge >= 0.3 is 0 Å². The van der Waals surface area contributed by atoms with E-state index in [0.29, 0.717) is 29.0 Å². The number of hydrogen-bond donors (Lipinski definition) is 2. The minimum atomic E-state index is -2.63. The number of aryl methyl sites for hydroxylation is 1. The van der Waals surface area contributed by atoms with Gasteiger partial charge in [0.1, 0.15) is 5.69 Å². The van der Waals surface area contributed by atoms with Crippen LogP contribution < -0.4 is 14.5 Å². The van der Waals surface area contributed by atoms with Crippen LogP contribution in [0.5, 0.6) is 0 Å². The number of benzene rings is 1. The fourth-order valence-corrected chi connectivity index (χ4v) is 5.31. The number of halogens is 2. The predicted octanol–water partition coefficient (Wildman–Crippen LogP) is 4.56. The zero-order valence-electron chi connectivity index (χ0n) is 21.8. The normalized spacial score (nSPS) is 18.1. The lowest BCUT2D eigenvalue weighted by molar-refractivity contribution is -0.0222. The van der Waals surface area contributed by atoms with Crippen LogP contribution in [0, 0.1) is 12.8 Å². The topological polar surface area (TPSA) is 95.2 Å². The Morgan fingerprint density at radius 1 is 1.03 bits per heavy atom. The number of hydrogen-bond acceptors (Lipinski definition) is 9. The molecule has 0 atom stereocenters. The van der Waals surface area contributed by atoms with Crippen molar-refractivity contribution in [2.24, 2.45) is 5.92 Å². The summed E-state index contributed by atoms with van der Waals surface area (Å²) in [7, 11) is 0. The van der Waals surface area contributed by atoms with Gasteiger partial charge in [-0.3, -0.25) is 0 Å². The van der Waals surface area contributed by atoms with E-state index in [9.17, 15) is 8.78 Å². The molecule has 0 amide bonds. The molecule has 1 aromatic carbocycles. The van der Waals surface area contributed by atoms with E-state index in [1.165, 1.54) is 11.9 Å². The van der Waals surface area contributed by atoms with E-state index in [-0.39, 0.29) is 32.5 Å². The highest BCUT2D eigenvalue weighted by Gasteiger charge is 2.35. The molecule has 38 heavy (non-hydrogen) atoms. The highest BCUT2D eigenvalue weighted by atomic mass is 32.2. The molecule has 12 heteroatoms. The summed E-state index contributed by atoms with van der Waals surface area (Å²) in [5, 5.41) is 18.0. The van der Waals surface area contributed by atoms with E-state index in [4.69, 9.17) is 5.11 Å². The molecule has 9 nitrogen and oxygen atoms in total. The zero-order chi connectivity index (χ0) is 26.7. The Morgan fingerprint density at radius 3 is 2.53 bits per heavy atom. The van der Waals surface area contributed by atoms with Crippen molar-refractivity contribution in [3.05, 3.63) is 36.2 Å². The number of rotatable bonds is 8. The third kappa shape index (κ3) is 6.17. The fourth-order valence-electron chi connectivity index (χ4n) is 4.82. The van der Waals surface area contributed by atoms with Crippen LogP contribution in [0.4, 0.5) is 26.1 Å². The molecule has 0 radical (unpaired) electrons. The van der Waals surface area contributed by atoms with E-state index >= 15 is 0 Å². The number of aliphatic hydroxyl groups is 1. The predicted molar refractivity (Wildman–Crippen MR) is 147 cm³/mol. The Morgan fingerprint density at radius 2 is 1.79 bits per heavy atom. The molecule has 0 aliphatic carbocycles. The molecule has 4 heterocycles. The number of nitrogens with one attached hydrogen (secondary N) is 1. The van der Waals surface area contributed by atoms with Crippen LogP contribution in [-0.2, 0) is 0 Å². The van der Waals surface area contributed by atoms with Gasteiger partial charge in [-0.15, -0.1) is 5.10 Å². The SMILES string of the molecule is Cc1cc(-c2cn(-c3ccc(NSCCO)cc3N3CCC(C)CC3)nn2)nc(N2CCC(F)(F)CC2)n1. The van der Waals surface area contributed by atoms with Crippen LogP contribution in [0.15, 0.2) is 30.5 Å². The van der Waals surface area contributed by atoms with E-state index < -0.39 is 5.92 Å². The first-order valence-corrected chi connectivity index (χ1v) is 14.1. The number of aliphatic hydroxyl groups excluding tert-OH is 1. The second kappa shape index (κ2) is 11.4. The van der Waals surface area contributed by atoms with Crippen molar-refractivity contribution in [2.45, 2.75) is 45.5 Å².